The predicted octanol–water partition coefficient (Wildman–Crippen LogP) is 1.82. The van der Waals surface area contributed by atoms with Crippen LogP contribution in [0.5, 0.6) is 0 Å². The molecule has 1 unspecified atom stereocenters. The van der Waals surface area contributed by atoms with E-state index in [4.69, 9.17) is 9.26 Å². The summed E-state index contributed by atoms with van der Waals surface area (Å²) in [4.78, 5) is 8.75. The maximum atomic E-state index is 5.34. The molecule has 1 aliphatic heterocycles. The van der Waals surface area contributed by atoms with Gasteiger partial charge in [0, 0.05) is 29.8 Å². The Morgan fingerprint density at radius 2 is 2.35 bits per heavy atom. The number of rotatable bonds is 2. The smallest absolute Gasteiger partial charge is 0.259 e. The Bertz CT molecular complexity index is 757. The van der Waals surface area contributed by atoms with Crippen LogP contribution < -0.4 is 0 Å². The second-order valence-corrected chi connectivity index (χ2v) is 4.96. The SMILES string of the molecule is Cc1[nH]nc2ncc(-c3nc(C4CCOC4)no3)cc12. The molecule has 3 aromatic heterocycles. The van der Waals surface area contributed by atoms with Gasteiger partial charge >= 0.3 is 0 Å². The molecule has 1 fully saturated rings. The summed E-state index contributed by atoms with van der Waals surface area (Å²) in [5.41, 5.74) is 2.47. The largest absolute Gasteiger partial charge is 0.381 e. The van der Waals surface area contributed by atoms with Gasteiger partial charge in [-0.15, -0.1) is 0 Å². The number of H-pyrrole nitrogens is 1. The quantitative estimate of drug-likeness (QED) is 0.764. The highest BCUT2D eigenvalue weighted by Gasteiger charge is 2.23. The minimum absolute atomic E-state index is 0.236. The van der Waals surface area contributed by atoms with Crippen LogP contribution >= 0.6 is 0 Å². The van der Waals surface area contributed by atoms with Crippen molar-refractivity contribution < 1.29 is 9.26 Å². The van der Waals surface area contributed by atoms with Gasteiger partial charge in [0.05, 0.1) is 12.2 Å². The van der Waals surface area contributed by atoms with Gasteiger partial charge in [0.2, 0.25) is 0 Å². The lowest BCUT2D eigenvalue weighted by atomic mass is 10.1. The first-order chi connectivity index (χ1) is 9.81. The minimum Gasteiger partial charge on any atom is -0.381 e. The van der Waals surface area contributed by atoms with Crippen molar-refractivity contribution in [2.75, 3.05) is 13.2 Å². The average Bonchev–Trinajstić information content (AvgIpc) is 3.18. The van der Waals surface area contributed by atoms with E-state index in [-0.39, 0.29) is 5.92 Å². The number of fused-ring (bicyclic) bond motifs is 1. The van der Waals surface area contributed by atoms with E-state index in [1.807, 2.05) is 13.0 Å². The lowest BCUT2D eigenvalue weighted by Crippen LogP contribution is -1.99. The van der Waals surface area contributed by atoms with E-state index in [2.05, 4.69) is 25.3 Å². The number of aromatic amines is 1. The maximum absolute atomic E-state index is 5.34. The first kappa shape index (κ1) is 11.5. The van der Waals surface area contributed by atoms with Crippen molar-refractivity contribution in [3.8, 4) is 11.5 Å². The summed E-state index contributed by atoms with van der Waals surface area (Å²) in [5, 5.41) is 12.0. The summed E-state index contributed by atoms with van der Waals surface area (Å²) in [7, 11) is 0. The molecule has 7 heteroatoms. The fourth-order valence-electron chi connectivity index (χ4n) is 2.39. The summed E-state index contributed by atoms with van der Waals surface area (Å²) in [5.74, 6) is 1.43. The summed E-state index contributed by atoms with van der Waals surface area (Å²) in [6.45, 7) is 3.38. The lowest BCUT2D eigenvalue weighted by Gasteiger charge is -1.97. The molecule has 0 radical (unpaired) electrons. The highest BCUT2D eigenvalue weighted by Crippen LogP contribution is 2.26. The first-order valence-electron chi connectivity index (χ1n) is 6.54. The van der Waals surface area contributed by atoms with Crippen LogP contribution in [-0.2, 0) is 4.74 Å². The topological polar surface area (TPSA) is 89.7 Å². The highest BCUT2D eigenvalue weighted by molar-refractivity contribution is 5.81. The number of pyridine rings is 1. The van der Waals surface area contributed by atoms with Crippen LogP contribution in [0.2, 0.25) is 0 Å². The van der Waals surface area contributed by atoms with Gasteiger partial charge in [-0.2, -0.15) is 10.1 Å². The molecule has 1 saturated heterocycles. The molecule has 0 spiro atoms. The van der Waals surface area contributed by atoms with Gasteiger partial charge in [-0.05, 0) is 19.4 Å². The van der Waals surface area contributed by atoms with Crippen molar-refractivity contribution >= 4 is 11.0 Å². The van der Waals surface area contributed by atoms with E-state index in [0.717, 1.165) is 29.7 Å². The summed E-state index contributed by atoms with van der Waals surface area (Å²) >= 11 is 0. The van der Waals surface area contributed by atoms with Gasteiger partial charge in [0.15, 0.2) is 11.5 Å². The second-order valence-electron chi connectivity index (χ2n) is 4.96. The number of hydrogen-bond donors (Lipinski definition) is 1. The molecule has 7 nitrogen and oxygen atoms in total. The van der Waals surface area contributed by atoms with Crippen molar-refractivity contribution in [2.24, 2.45) is 0 Å². The molecule has 1 aliphatic rings. The Kier molecular flexibility index (Phi) is 2.53. The van der Waals surface area contributed by atoms with E-state index < -0.39 is 0 Å². The summed E-state index contributed by atoms with van der Waals surface area (Å²) < 4.78 is 10.7. The van der Waals surface area contributed by atoms with Gasteiger partial charge in [-0.1, -0.05) is 5.16 Å². The van der Waals surface area contributed by atoms with Crippen molar-refractivity contribution in [3.05, 3.63) is 23.8 Å². The van der Waals surface area contributed by atoms with Gasteiger partial charge in [-0.25, -0.2) is 4.98 Å². The van der Waals surface area contributed by atoms with Gasteiger partial charge in [0.25, 0.3) is 5.89 Å². The molecule has 4 rings (SSSR count). The zero-order chi connectivity index (χ0) is 13.5. The van der Waals surface area contributed by atoms with Gasteiger partial charge < -0.3 is 9.26 Å². The van der Waals surface area contributed by atoms with Crippen molar-refractivity contribution in [1.82, 2.24) is 25.3 Å². The number of aromatic nitrogens is 5. The Balaban J connectivity index is 1.72. The fraction of sp³-hybridized carbons (Fsp3) is 0.385. The van der Waals surface area contributed by atoms with Crippen LogP contribution in [0.3, 0.4) is 0 Å². The highest BCUT2D eigenvalue weighted by atomic mass is 16.5. The fourth-order valence-corrected chi connectivity index (χ4v) is 2.39. The molecule has 0 aliphatic carbocycles. The van der Waals surface area contributed by atoms with E-state index in [9.17, 15) is 0 Å². The maximum Gasteiger partial charge on any atom is 0.259 e. The van der Waals surface area contributed by atoms with Crippen molar-refractivity contribution in [2.45, 2.75) is 19.3 Å². The predicted molar refractivity (Wildman–Crippen MR) is 70.1 cm³/mol. The lowest BCUT2D eigenvalue weighted by molar-refractivity contribution is 0.192. The molecule has 4 heterocycles. The van der Waals surface area contributed by atoms with Crippen LogP contribution in [0.1, 0.15) is 23.9 Å². The van der Waals surface area contributed by atoms with Crippen LogP contribution in [0, 0.1) is 6.92 Å². The number of ether oxygens (including phenoxy) is 1. The molecule has 0 amide bonds. The monoisotopic (exact) mass is 271 g/mol. The van der Waals surface area contributed by atoms with Crippen LogP contribution in [0.15, 0.2) is 16.8 Å². The average molecular weight is 271 g/mol. The van der Waals surface area contributed by atoms with E-state index in [0.29, 0.717) is 24.0 Å². The van der Waals surface area contributed by atoms with Crippen LogP contribution in [0.25, 0.3) is 22.5 Å². The Morgan fingerprint density at radius 3 is 3.20 bits per heavy atom. The molecule has 0 saturated carbocycles. The summed E-state index contributed by atoms with van der Waals surface area (Å²) in [6.07, 6.45) is 2.64. The first-order valence-corrected chi connectivity index (χ1v) is 6.54. The molecule has 1 N–H and O–H groups in total. The number of nitrogens with zero attached hydrogens (tertiary/aromatic N) is 4. The summed E-state index contributed by atoms with van der Waals surface area (Å²) in [6, 6.07) is 1.96. The number of nitrogens with one attached hydrogen (secondary N) is 1. The van der Waals surface area contributed by atoms with Crippen molar-refractivity contribution in [1.29, 1.82) is 0 Å². The number of aryl methyl sites for hydroxylation is 1. The van der Waals surface area contributed by atoms with Crippen molar-refractivity contribution in [3.63, 3.8) is 0 Å². The van der Waals surface area contributed by atoms with Crippen LogP contribution in [-0.4, -0.2) is 38.5 Å². The van der Waals surface area contributed by atoms with E-state index in [1.54, 1.807) is 6.20 Å². The number of hydrogen-bond acceptors (Lipinski definition) is 6. The third-order valence-electron chi connectivity index (χ3n) is 3.58. The van der Waals surface area contributed by atoms with Gasteiger partial charge in [-0.3, -0.25) is 5.10 Å². The third-order valence-corrected chi connectivity index (χ3v) is 3.58. The Hall–Kier alpha value is -2.28. The molecule has 0 bridgehead atoms. The van der Waals surface area contributed by atoms with Gasteiger partial charge in [0.1, 0.15) is 0 Å². The zero-order valence-corrected chi connectivity index (χ0v) is 11.0. The second kappa shape index (κ2) is 4.38. The van der Waals surface area contributed by atoms with E-state index in [1.165, 1.54) is 0 Å². The standard InChI is InChI=1S/C13H13N5O2/c1-7-10-4-9(5-14-12(10)17-16-7)13-15-11(18-20-13)8-2-3-19-6-8/h4-5,8H,2-3,6H2,1H3,(H,14,16,17). The van der Waals surface area contributed by atoms with E-state index >= 15 is 0 Å². The Morgan fingerprint density at radius 1 is 1.40 bits per heavy atom. The zero-order valence-electron chi connectivity index (χ0n) is 11.0. The normalized spacial score (nSPS) is 18.9. The third kappa shape index (κ3) is 1.78. The molecular formula is C13H13N5O2. The Labute approximate surface area is 114 Å². The molecule has 0 aromatic carbocycles. The molecule has 3 aromatic rings. The minimum atomic E-state index is 0.236. The molecular weight excluding hydrogens is 258 g/mol. The van der Waals surface area contributed by atoms with Crippen LogP contribution in [0.4, 0.5) is 0 Å². The molecule has 20 heavy (non-hydrogen) atoms. The molecule has 102 valence electrons. The molecule has 1 atom stereocenters.